The lowest BCUT2D eigenvalue weighted by Crippen LogP contribution is -2.45. The lowest BCUT2D eigenvalue weighted by atomic mass is 9.81. The van der Waals surface area contributed by atoms with Crippen molar-refractivity contribution in [2.75, 3.05) is 0 Å². The van der Waals surface area contributed by atoms with Gasteiger partial charge in [-0.05, 0) is 50.7 Å². The minimum absolute atomic E-state index is 0. The van der Waals surface area contributed by atoms with E-state index in [0.717, 1.165) is 43.7 Å². The van der Waals surface area contributed by atoms with Crippen LogP contribution in [0, 0.1) is 11.6 Å². The van der Waals surface area contributed by atoms with Crippen molar-refractivity contribution in [2.24, 2.45) is 5.73 Å². The molecule has 2 aliphatic rings. The molecule has 2 aromatic carbocycles. The summed E-state index contributed by atoms with van der Waals surface area (Å²) in [6, 6.07) is 12.6. The molecule has 2 aliphatic carbocycles. The average Bonchev–Trinajstić information content (AvgIpc) is 3.42. The number of halogens is 3. The normalized spacial score (nSPS) is 28.5. The summed E-state index contributed by atoms with van der Waals surface area (Å²) >= 11 is 0. The molecule has 0 bridgehead atoms. The molecule has 4 rings (SSSR count). The highest BCUT2D eigenvalue weighted by Crippen LogP contribution is 2.47. The molecule has 0 heterocycles. The third-order valence-electron chi connectivity index (χ3n) is 6.03. The van der Waals surface area contributed by atoms with E-state index in [1.165, 1.54) is 6.07 Å². The quantitative estimate of drug-likeness (QED) is 0.683. The van der Waals surface area contributed by atoms with E-state index in [9.17, 15) is 8.78 Å². The first-order valence-corrected chi connectivity index (χ1v) is 10.1. The molecule has 158 valence electrons. The van der Waals surface area contributed by atoms with Gasteiger partial charge in [-0.15, -0.1) is 12.4 Å². The lowest BCUT2D eigenvalue weighted by Gasteiger charge is -2.34. The maximum absolute atomic E-state index is 14.5. The van der Waals surface area contributed by atoms with Gasteiger partial charge in [-0.2, -0.15) is 0 Å². The minimum Gasteiger partial charge on any atom is -0.486 e. The molecule has 0 unspecified atom stereocenters. The second-order valence-corrected chi connectivity index (χ2v) is 8.62. The smallest absolute Gasteiger partial charge is 0.168 e. The fourth-order valence-electron chi connectivity index (χ4n) is 4.21. The van der Waals surface area contributed by atoms with E-state index in [2.05, 4.69) is 12.2 Å². The standard InChI is InChI=1S/C23H28F2N2O.ClH/c1-23(26)9-7-17(8-10-23)27-21-13-18(21)19-11-16(24)12-20(25)22(19)28-14-15-5-3-2-4-6-15;/h2-6,11-12,17-18,21,27H,7-10,13-14,26H2,1H3;1H/t17?,18-,21+,23?;/m0./s1. The van der Waals surface area contributed by atoms with Gasteiger partial charge in [0.1, 0.15) is 12.4 Å². The van der Waals surface area contributed by atoms with Crippen LogP contribution in [-0.2, 0) is 6.61 Å². The summed E-state index contributed by atoms with van der Waals surface area (Å²) in [5.74, 6) is -0.921. The van der Waals surface area contributed by atoms with Gasteiger partial charge in [-0.25, -0.2) is 8.78 Å². The third-order valence-corrected chi connectivity index (χ3v) is 6.03. The molecule has 6 heteroatoms. The van der Waals surface area contributed by atoms with Gasteiger partial charge in [0.15, 0.2) is 11.6 Å². The third kappa shape index (κ3) is 5.47. The summed E-state index contributed by atoms with van der Waals surface area (Å²) in [5, 5.41) is 3.66. The van der Waals surface area contributed by atoms with Gasteiger partial charge >= 0.3 is 0 Å². The van der Waals surface area contributed by atoms with Gasteiger partial charge in [0.25, 0.3) is 0 Å². The molecule has 2 saturated carbocycles. The molecule has 3 nitrogen and oxygen atoms in total. The lowest BCUT2D eigenvalue weighted by molar-refractivity contribution is 0.265. The van der Waals surface area contributed by atoms with Crippen LogP contribution in [0.1, 0.15) is 56.1 Å². The number of nitrogens with one attached hydrogen (secondary N) is 1. The zero-order valence-electron chi connectivity index (χ0n) is 16.7. The second-order valence-electron chi connectivity index (χ2n) is 8.62. The molecular formula is C23H29ClF2N2O. The molecule has 2 aromatic rings. The summed E-state index contributed by atoms with van der Waals surface area (Å²) < 4.78 is 34.2. The molecule has 0 amide bonds. The summed E-state index contributed by atoms with van der Waals surface area (Å²) in [6.07, 6.45) is 4.97. The number of rotatable bonds is 6. The second kappa shape index (κ2) is 8.99. The largest absolute Gasteiger partial charge is 0.486 e. The van der Waals surface area contributed by atoms with Gasteiger partial charge in [-0.3, -0.25) is 0 Å². The summed E-state index contributed by atoms with van der Waals surface area (Å²) in [7, 11) is 0. The number of ether oxygens (including phenoxy) is 1. The first-order valence-electron chi connectivity index (χ1n) is 10.1. The molecule has 0 radical (unpaired) electrons. The minimum atomic E-state index is -0.631. The first-order chi connectivity index (χ1) is 13.4. The van der Waals surface area contributed by atoms with E-state index in [-0.39, 0.29) is 42.3 Å². The van der Waals surface area contributed by atoms with Gasteiger partial charge in [0.05, 0.1) is 0 Å². The SMILES string of the molecule is CC1(N)CCC(N[C@@H]2C[C@H]2c2cc(F)cc(F)c2OCc2ccccc2)CC1.Cl. The van der Waals surface area contributed by atoms with Gasteiger partial charge in [-0.1, -0.05) is 30.3 Å². The Morgan fingerprint density at radius 2 is 1.83 bits per heavy atom. The van der Waals surface area contributed by atoms with E-state index >= 15 is 0 Å². The van der Waals surface area contributed by atoms with Crippen LogP contribution >= 0.6 is 12.4 Å². The number of hydrogen-bond acceptors (Lipinski definition) is 3. The van der Waals surface area contributed by atoms with E-state index in [1.807, 2.05) is 30.3 Å². The number of benzene rings is 2. The molecule has 3 N–H and O–H groups in total. The van der Waals surface area contributed by atoms with Crippen molar-refractivity contribution >= 4 is 12.4 Å². The first kappa shape index (κ1) is 22.0. The Morgan fingerprint density at radius 3 is 2.52 bits per heavy atom. The highest BCUT2D eigenvalue weighted by Gasteiger charge is 2.43. The van der Waals surface area contributed by atoms with Gasteiger partial charge in [0, 0.05) is 35.2 Å². The maximum atomic E-state index is 14.5. The zero-order valence-corrected chi connectivity index (χ0v) is 17.5. The summed E-state index contributed by atoms with van der Waals surface area (Å²) in [5.41, 5.74) is 7.73. The zero-order chi connectivity index (χ0) is 19.7. The fraction of sp³-hybridized carbons (Fsp3) is 0.478. The molecule has 0 aliphatic heterocycles. The van der Waals surface area contributed by atoms with Gasteiger partial charge in [0.2, 0.25) is 0 Å². The molecule has 2 atom stereocenters. The topological polar surface area (TPSA) is 47.3 Å². The highest BCUT2D eigenvalue weighted by atomic mass is 35.5. The molecule has 0 aromatic heterocycles. The van der Waals surface area contributed by atoms with Crippen molar-refractivity contribution in [3.05, 3.63) is 65.2 Å². The van der Waals surface area contributed by atoms with Crippen LogP contribution in [0.4, 0.5) is 8.78 Å². The van der Waals surface area contributed by atoms with Crippen molar-refractivity contribution in [3.8, 4) is 5.75 Å². The van der Waals surface area contributed by atoms with Crippen LogP contribution in [0.2, 0.25) is 0 Å². The van der Waals surface area contributed by atoms with Crippen LogP contribution < -0.4 is 15.8 Å². The predicted molar refractivity (Wildman–Crippen MR) is 114 cm³/mol. The summed E-state index contributed by atoms with van der Waals surface area (Å²) in [6.45, 7) is 2.37. The van der Waals surface area contributed by atoms with Crippen LogP contribution in [-0.4, -0.2) is 17.6 Å². The fourth-order valence-corrected chi connectivity index (χ4v) is 4.21. The van der Waals surface area contributed by atoms with E-state index in [1.54, 1.807) is 0 Å². The van der Waals surface area contributed by atoms with Crippen LogP contribution in [0.5, 0.6) is 5.75 Å². The molecule has 0 saturated heterocycles. The Balaban J connectivity index is 0.00000240. The number of nitrogens with two attached hydrogens (primary N) is 1. The summed E-state index contributed by atoms with van der Waals surface area (Å²) in [4.78, 5) is 0. The average molecular weight is 423 g/mol. The highest BCUT2D eigenvalue weighted by molar-refractivity contribution is 5.85. The van der Waals surface area contributed by atoms with E-state index < -0.39 is 11.6 Å². The monoisotopic (exact) mass is 422 g/mol. The van der Waals surface area contributed by atoms with Crippen molar-refractivity contribution in [3.63, 3.8) is 0 Å². The van der Waals surface area contributed by atoms with Gasteiger partial charge < -0.3 is 15.8 Å². The Hall–Kier alpha value is -1.69. The predicted octanol–water partition coefficient (Wildman–Crippen LogP) is 5.07. The number of hydrogen-bond donors (Lipinski definition) is 2. The van der Waals surface area contributed by atoms with Crippen LogP contribution in [0.15, 0.2) is 42.5 Å². The van der Waals surface area contributed by atoms with Crippen LogP contribution in [0.3, 0.4) is 0 Å². The Kier molecular flexibility index (Phi) is 6.82. The van der Waals surface area contributed by atoms with E-state index in [0.29, 0.717) is 11.6 Å². The Bertz CT molecular complexity index is 821. The molecule has 29 heavy (non-hydrogen) atoms. The molecular weight excluding hydrogens is 394 g/mol. The van der Waals surface area contributed by atoms with Crippen molar-refractivity contribution in [2.45, 2.75) is 69.2 Å². The van der Waals surface area contributed by atoms with Crippen molar-refractivity contribution < 1.29 is 13.5 Å². The maximum Gasteiger partial charge on any atom is 0.168 e. The Labute approximate surface area is 177 Å². The van der Waals surface area contributed by atoms with Crippen molar-refractivity contribution in [1.82, 2.24) is 5.32 Å². The van der Waals surface area contributed by atoms with Crippen LogP contribution in [0.25, 0.3) is 0 Å². The Morgan fingerprint density at radius 1 is 1.14 bits per heavy atom. The molecule has 0 spiro atoms. The molecule has 2 fully saturated rings. The van der Waals surface area contributed by atoms with Crippen molar-refractivity contribution in [1.29, 1.82) is 0 Å². The van der Waals surface area contributed by atoms with E-state index in [4.69, 9.17) is 10.5 Å².